The summed E-state index contributed by atoms with van der Waals surface area (Å²) in [6.07, 6.45) is 0. The highest BCUT2D eigenvalue weighted by Gasteiger charge is 2.43. The second kappa shape index (κ2) is 7.14. The number of rotatable bonds is 7. The van der Waals surface area contributed by atoms with Gasteiger partial charge in [0.25, 0.3) is 0 Å². The molecule has 0 aromatic heterocycles. The van der Waals surface area contributed by atoms with Crippen molar-refractivity contribution in [3.63, 3.8) is 0 Å². The summed E-state index contributed by atoms with van der Waals surface area (Å²) in [5.41, 5.74) is 1.18. The average Bonchev–Trinajstić information content (AvgIpc) is 2.36. The molecular weight excluding hydrogens is 263 g/mol. The van der Waals surface area contributed by atoms with E-state index in [1.165, 1.54) is 0 Å². The van der Waals surface area contributed by atoms with E-state index in [1.54, 1.807) is 26.0 Å². The Morgan fingerprint density at radius 1 is 0.895 bits per heavy atom. The fourth-order valence-corrected chi connectivity index (χ4v) is 4.74. The predicted octanol–water partition coefficient (Wildman–Crippen LogP) is 2.70. The smallest absolute Gasteiger partial charge is 0.370 e. The highest BCUT2D eigenvalue weighted by atomic mass is 28.4. The van der Waals surface area contributed by atoms with E-state index in [0.717, 1.165) is 5.19 Å². The Kier molecular flexibility index (Phi) is 6.13. The van der Waals surface area contributed by atoms with Gasteiger partial charge in [-0.3, -0.25) is 0 Å². The molecule has 1 aromatic carbocycles. The van der Waals surface area contributed by atoms with Crippen LogP contribution in [0.3, 0.4) is 0 Å². The molecular formula is C14H23FO3Si. The van der Waals surface area contributed by atoms with Crippen LogP contribution in [0.15, 0.2) is 12.1 Å². The average molecular weight is 286 g/mol. The molecule has 0 heterocycles. The summed E-state index contributed by atoms with van der Waals surface area (Å²) in [5, 5.41) is 0.828. The van der Waals surface area contributed by atoms with Crippen LogP contribution < -0.4 is 5.19 Å². The van der Waals surface area contributed by atoms with Gasteiger partial charge in [-0.25, -0.2) is 4.39 Å². The molecule has 0 spiro atoms. The first kappa shape index (κ1) is 16.3. The summed E-state index contributed by atoms with van der Waals surface area (Å²) in [6, 6.07) is 3.55. The van der Waals surface area contributed by atoms with Crippen LogP contribution in [0, 0.1) is 19.7 Å². The molecule has 0 saturated heterocycles. The van der Waals surface area contributed by atoms with Crippen LogP contribution in [0.5, 0.6) is 0 Å². The monoisotopic (exact) mass is 286 g/mol. The summed E-state index contributed by atoms with van der Waals surface area (Å²) < 4.78 is 31.2. The van der Waals surface area contributed by atoms with Crippen LogP contribution in [-0.2, 0) is 13.3 Å². The molecule has 19 heavy (non-hydrogen) atoms. The quantitative estimate of drug-likeness (QED) is 0.721. The van der Waals surface area contributed by atoms with Gasteiger partial charge < -0.3 is 13.3 Å². The van der Waals surface area contributed by atoms with Crippen molar-refractivity contribution in [3.8, 4) is 0 Å². The third kappa shape index (κ3) is 3.63. The first-order chi connectivity index (χ1) is 9.00. The maximum absolute atomic E-state index is 13.7. The van der Waals surface area contributed by atoms with Gasteiger partial charge in [-0.05, 0) is 57.9 Å². The summed E-state index contributed by atoms with van der Waals surface area (Å²) >= 11 is 0. The summed E-state index contributed by atoms with van der Waals surface area (Å²) in [5.74, 6) is -0.184. The molecule has 0 aliphatic carbocycles. The van der Waals surface area contributed by atoms with Gasteiger partial charge in [0, 0.05) is 25.0 Å². The number of hydrogen-bond donors (Lipinski definition) is 0. The van der Waals surface area contributed by atoms with Crippen molar-refractivity contribution in [2.75, 3.05) is 19.8 Å². The van der Waals surface area contributed by atoms with Crippen molar-refractivity contribution in [3.05, 3.63) is 29.1 Å². The van der Waals surface area contributed by atoms with Crippen LogP contribution >= 0.6 is 0 Å². The Bertz CT molecular complexity index is 383. The molecule has 1 rings (SSSR count). The van der Waals surface area contributed by atoms with Gasteiger partial charge in [0.1, 0.15) is 5.82 Å². The van der Waals surface area contributed by atoms with Gasteiger partial charge in [0.15, 0.2) is 0 Å². The lowest BCUT2D eigenvalue weighted by atomic mass is 10.1. The van der Waals surface area contributed by atoms with Gasteiger partial charge in [0.2, 0.25) is 0 Å². The van der Waals surface area contributed by atoms with E-state index >= 15 is 0 Å². The lowest BCUT2D eigenvalue weighted by molar-refractivity contribution is 0.0858. The normalized spacial score (nSPS) is 11.9. The van der Waals surface area contributed by atoms with Crippen LogP contribution in [-0.4, -0.2) is 28.6 Å². The standard InChI is InChI=1S/C14H23FO3Si/c1-6-16-19(17-7-2,18-8-3)13-9-11(4)14(15)12(5)10-13/h9-10H,6-8H2,1-5H3. The first-order valence-corrected chi connectivity index (χ1v) is 8.42. The minimum Gasteiger partial charge on any atom is -0.370 e. The first-order valence-electron chi connectivity index (χ1n) is 6.69. The maximum atomic E-state index is 13.7. The van der Waals surface area contributed by atoms with Crippen molar-refractivity contribution in [1.82, 2.24) is 0 Å². The topological polar surface area (TPSA) is 27.7 Å². The second-order valence-corrected chi connectivity index (χ2v) is 6.83. The van der Waals surface area contributed by atoms with Crippen molar-refractivity contribution >= 4 is 14.0 Å². The molecule has 0 aliphatic rings. The summed E-state index contributed by atoms with van der Waals surface area (Å²) in [4.78, 5) is 0. The van der Waals surface area contributed by atoms with Gasteiger partial charge in [-0.15, -0.1) is 0 Å². The molecule has 0 N–H and O–H groups in total. The van der Waals surface area contributed by atoms with Crippen molar-refractivity contribution < 1.29 is 17.7 Å². The Labute approximate surface area is 116 Å². The van der Waals surface area contributed by atoms with Gasteiger partial charge in [0.05, 0.1) is 0 Å². The Morgan fingerprint density at radius 2 is 1.26 bits per heavy atom. The zero-order valence-corrected chi connectivity index (χ0v) is 13.4. The summed E-state index contributed by atoms with van der Waals surface area (Å²) in [6.45, 7) is 10.7. The zero-order valence-electron chi connectivity index (χ0n) is 12.4. The fraction of sp³-hybridized carbons (Fsp3) is 0.571. The number of aryl methyl sites for hydroxylation is 2. The van der Waals surface area contributed by atoms with E-state index < -0.39 is 8.80 Å². The number of hydrogen-bond acceptors (Lipinski definition) is 3. The molecule has 0 saturated carbocycles. The van der Waals surface area contributed by atoms with Crippen molar-refractivity contribution in [1.29, 1.82) is 0 Å². The van der Waals surface area contributed by atoms with Crippen LogP contribution in [0.4, 0.5) is 4.39 Å². The molecule has 5 heteroatoms. The molecule has 3 nitrogen and oxygen atoms in total. The Hall–Kier alpha value is -0.753. The van der Waals surface area contributed by atoms with Gasteiger partial charge in [-0.1, -0.05) is 0 Å². The third-order valence-corrected chi connectivity index (χ3v) is 5.79. The SMILES string of the molecule is CCO[Si](OCC)(OCC)c1cc(C)c(F)c(C)c1. The molecule has 0 bridgehead atoms. The zero-order chi connectivity index (χ0) is 14.5. The third-order valence-electron chi connectivity index (χ3n) is 2.79. The lowest BCUT2D eigenvalue weighted by Crippen LogP contribution is -2.57. The molecule has 0 unspecified atom stereocenters. The molecule has 0 radical (unpaired) electrons. The van der Waals surface area contributed by atoms with Gasteiger partial charge in [-0.2, -0.15) is 0 Å². The largest absolute Gasteiger partial charge is 0.537 e. The molecule has 0 atom stereocenters. The van der Waals surface area contributed by atoms with E-state index in [0.29, 0.717) is 30.9 Å². The number of benzene rings is 1. The van der Waals surface area contributed by atoms with E-state index in [9.17, 15) is 4.39 Å². The van der Waals surface area contributed by atoms with E-state index in [2.05, 4.69) is 0 Å². The minimum atomic E-state index is -2.92. The van der Waals surface area contributed by atoms with Crippen LogP contribution in [0.2, 0.25) is 0 Å². The highest BCUT2D eigenvalue weighted by Crippen LogP contribution is 2.16. The molecule has 1 aromatic rings. The van der Waals surface area contributed by atoms with Crippen molar-refractivity contribution in [2.45, 2.75) is 34.6 Å². The maximum Gasteiger partial charge on any atom is 0.537 e. The predicted molar refractivity (Wildman–Crippen MR) is 76.1 cm³/mol. The van der Waals surface area contributed by atoms with E-state index in [1.807, 2.05) is 20.8 Å². The minimum absolute atomic E-state index is 0.184. The lowest BCUT2D eigenvalue weighted by Gasteiger charge is -2.29. The van der Waals surface area contributed by atoms with Crippen molar-refractivity contribution in [2.24, 2.45) is 0 Å². The van der Waals surface area contributed by atoms with E-state index in [4.69, 9.17) is 13.3 Å². The highest BCUT2D eigenvalue weighted by molar-refractivity contribution is 6.75. The van der Waals surface area contributed by atoms with Crippen LogP contribution in [0.25, 0.3) is 0 Å². The second-order valence-electron chi connectivity index (χ2n) is 4.28. The molecule has 0 aliphatic heterocycles. The van der Waals surface area contributed by atoms with E-state index in [-0.39, 0.29) is 5.82 Å². The van der Waals surface area contributed by atoms with Gasteiger partial charge >= 0.3 is 8.80 Å². The molecule has 0 fully saturated rings. The Morgan fingerprint density at radius 3 is 1.58 bits per heavy atom. The Balaban J connectivity index is 3.29. The fourth-order valence-electron chi connectivity index (χ4n) is 2.07. The molecule has 0 amide bonds. The number of halogens is 1. The molecule has 108 valence electrons. The van der Waals surface area contributed by atoms with Crippen LogP contribution in [0.1, 0.15) is 31.9 Å². The summed E-state index contributed by atoms with van der Waals surface area (Å²) in [7, 11) is -2.92.